The molecule has 0 bridgehead atoms. The Kier molecular flexibility index (Phi) is 5.35. The van der Waals surface area contributed by atoms with Gasteiger partial charge in [0.25, 0.3) is 5.92 Å². The number of halogens is 7. The molecule has 158 valence electrons. The van der Waals surface area contributed by atoms with E-state index in [0.29, 0.717) is 10.7 Å². The fourth-order valence-corrected chi connectivity index (χ4v) is 3.37. The van der Waals surface area contributed by atoms with Gasteiger partial charge in [-0.2, -0.15) is 27.1 Å². The molecule has 0 spiro atoms. The number of aromatic nitrogens is 2. The smallest absolute Gasteiger partial charge is 0.354 e. The number of nitrogens with one attached hydrogen (secondary N) is 1. The minimum Gasteiger partial charge on any atom is -0.354 e. The van der Waals surface area contributed by atoms with Gasteiger partial charge < -0.3 is 5.32 Å². The standard InChI is InChI=1S/C18H16F7N3O/c1-9-4-13-15(18(23,24)25)27-28(16(13)17(9,21)22)8-14(29)26-3-2-10-5-11(19)7-12(20)6-10/h5-7,9H,2-4,8H2,1H3,(H,26,29)/t9-/m1/s1. The molecule has 1 aromatic heterocycles. The van der Waals surface area contributed by atoms with E-state index in [1.807, 2.05) is 0 Å². The minimum absolute atomic E-state index is 0.0403. The predicted octanol–water partition coefficient (Wildman–Crippen LogP) is 3.82. The number of alkyl halides is 5. The van der Waals surface area contributed by atoms with Crippen LogP contribution < -0.4 is 5.32 Å². The van der Waals surface area contributed by atoms with Crippen LogP contribution in [0, 0.1) is 17.6 Å². The van der Waals surface area contributed by atoms with Gasteiger partial charge in [0, 0.05) is 24.1 Å². The summed E-state index contributed by atoms with van der Waals surface area (Å²) >= 11 is 0. The molecule has 0 aliphatic heterocycles. The number of benzene rings is 1. The maximum Gasteiger partial charge on any atom is 0.435 e. The van der Waals surface area contributed by atoms with Crippen LogP contribution in [0.1, 0.15) is 29.4 Å². The van der Waals surface area contributed by atoms with E-state index in [4.69, 9.17) is 0 Å². The van der Waals surface area contributed by atoms with E-state index in [2.05, 4.69) is 10.4 Å². The Bertz CT molecular complexity index is 916. The van der Waals surface area contributed by atoms with Crippen LogP contribution in [0.2, 0.25) is 0 Å². The molecule has 0 saturated carbocycles. The summed E-state index contributed by atoms with van der Waals surface area (Å²) in [7, 11) is 0. The van der Waals surface area contributed by atoms with Gasteiger partial charge in [0.05, 0.1) is 0 Å². The summed E-state index contributed by atoms with van der Waals surface area (Å²) < 4.78 is 94.8. The fraction of sp³-hybridized carbons (Fsp3) is 0.444. The summed E-state index contributed by atoms with van der Waals surface area (Å²) in [5.74, 6) is -7.35. The molecule has 0 fully saturated rings. The molecule has 1 heterocycles. The first-order chi connectivity index (χ1) is 13.4. The zero-order valence-corrected chi connectivity index (χ0v) is 15.1. The van der Waals surface area contributed by atoms with Crippen LogP contribution >= 0.6 is 0 Å². The molecule has 1 aliphatic rings. The Hall–Kier alpha value is -2.59. The lowest BCUT2D eigenvalue weighted by atomic mass is 10.1. The third-order valence-corrected chi connectivity index (χ3v) is 4.72. The predicted molar refractivity (Wildman–Crippen MR) is 87.1 cm³/mol. The summed E-state index contributed by atoms with van der Waals surface area (Å²) in [6.45, 7) is 0.199. The normalized spacial score (nSPS) is 18.0. The SMILES string of the molecule is C[C@@H]1Cc2c(C(F)(F)F)nn(CC(=O)NCCc3cc(F)cc(F)c3)c2C1(F)F. The van der Waals surface area contributed by atoms with Crippen LogP contribution in [-0.4, -0.2) is 22.2 Å². The van der Waals surface area contributed by atoms with Gasteiger partial charge in [-0.1, -0.05) is 6.92 Å². The summed E-state index contributed by atoms with van der Waals surface area (Å²) in [5, 5.41) is 5.54. The van der Waals surface area contributed by atoms with E-state index in [0.717, 1.165) is 19.1 Å². The van der Waals surface area contributed by atoms with E-state index < -0.39 is 65.5 Å². The van der Waals surface area contributed by atoms with Crippen molar-refractivity contribution < 1.29 is 35.5 Å². The number of fused-ring (bicyclic) bond motifs is 1. The summed E-state index contributed by atoms with van der Waals surface area (Å²) in [4.78, 5) is 12.0. The number of amides is 1. The van der Waals surface area contributed by atoms with Gasteiger partial charge in [-0.3, -0.25) is 9.48 Å². The number of carbonyl (C=O) groups excluding carboxylic acids is 1. The van der Waals surface area contributed by atoms with Gasteiger partial charge in [-0.25, -0.2) is 8.78 Å². The van der Waals surface area contributed by atoms with Crippen molar-refractivity contribution in [2.45, 2.75) is 38.4 Å². The molecule has 2 aromatic rings. The van der Waals surface area contributed by atoms with E-state index in [1.165, 1.54) is 0 Å². The highest BCUT2D eigenvalue weighted by atomic mass is 19.4. The molecule has 0 radical (unpaired) electrons. The molecule has 0 unspecified atom stereocenters. The summed E-state index contributed by atoms with van der Waals surface area (Å²) in [5.41, 5.74) is -2.67. The lowest BCUT2D eigenvalue weighted by molar-refractivity contribution is -0.142. The summed E-state index contributed by atoms with van der Waals surface area (Å²) in [6.07, 6.45) is -5.38. The highest BCUT2D eigenvalue weighted by Gasteiger charge is 2.54. The Morgan fingerprint density at radius 3 is 2.45 bits per heavy atom. The van der Waals surface area contributed by atoms with Gasteiger partial charge in [-0.15, -0.1) is 0 Å². The lowest BCUT2D eigenvalue weighted by Crippen LogP contribution is -2.32. The van der Waals surface area contributed by atoms with Crippen LogP contribution in [0.3, 0.4) is 0 Å². The number of hydrogen-bond donors (Lipinski definition) is 1. The van der Waals surface area contributed by atoms with Crippen LogP contribution in [0.15, 0.2) is 18.2 Å². The van der Waals surface area contributed by atoms with Gasteiger partial charge in [0.1, 0.15) is 23.9 Å². The van der Waals surface area contributed by atoms with Gasteiger partial charge in [-0.05, 0) is 30.5 Å². The molecule has 1 N–H and O–H groups in total. The Morgan fingerprint density at radius 2 is 1.86 bits per heavy atom. The van der Waals surface area contributed by atoms with E-state index in [9.17, 15) is 35.5 Å². The molecule has 1 aromatic carbocycles. The molecular formula is C18H16F7N3O. The second kappa shape index (κ2) is 7.34. The van der Waals surface area contributed by atoms with Crippen molar-refractivity contribution >= 4 is 5.91 Å². The zero-order chi connectivity index (χ0) is 21.6. The van der Waals surface area contributed by atoms with Gasteiger partial charge in [0.15, 0.2) is 5.69 Å². The molecule has 4 nitrogen and oxygen atoms in total. The first kappa shape index (κ1) is 21.1. The molecule has 3 rings (SSSR count). The first-order valence-electron chi connectivity index (χ1n) is 8.66. The monoisotopic (exact) mass is 423 g/mol. The van der Waals surface area contributed by atoms with Crippen molar-refractivity contribution in [2.24, 2.45) is 5.92 Å². The van der Waals surface area contributed by atoms with E-state index in [1.54, 1.807) is 0 Å². The second-order valence-electron chi connectivity index (χ2n) is 6.94. The summed E-state index contributed by atoms with van der Waals surface area (Å²) in [6, 6.07) is 2.81. The third-order valence-electron chi connectivity index (χ3n) is 4.72. The van der Waals surface area contributed by atoms with E-state index >= 15 is 0 Å². The van der Waals surface area contributed by atoms with Crippen LogP contribution in [0.4, 0.5) is 30.7 Å². The van der Waals surface area contributed by atoms with Crippen LogP contribution in [0.5, 0.6) is 0 Å². The molecule has 29 heavy (non-hydrogen) atoms. The van der Waals surface area contributed by atoms with Crippen LogP contribution in [0.25, 0.3) is 0 Å². The largest absolute Gasteiger partial charge is 0.435 e. The first-order valence-corrected chi connectivity index (χ1v) is 8.66. The van der Waals surface area contributed by atoms with Crippen molar-refractivity contribution in [3.8, 4) is 0 Å². The van der Waals surface area contributed by atoms with Crippen molar-refractivity contribution in [3.05, 3.63) is 52.3 Å². The molecule has 0 saturated heterocycles. The number of rotatable bonds is 5. The Morgan fingerprint density at radius 1 is 1.24 bits per heavy atom. The second-order valence-corrected chi connectivity index (χ2v) is 6.94. The van der Waals surface area contributed by atoms with Crippen molar-refractivity contribution in [3.63, 3.8) is 0 Å². The Labute approximate surface area is 160 Å². The molecule has 1 atom stereocenters. The highest BCUT2D eigenvalue weighted by Crippen LogP contribution is 2.49. The maximum atomic E-state index is 14.4. The maximum absolute atomic E-state index is 14.4. The average molecular weight is 423 g/mol. The minimum atomic E-state index is -4.92. The highest BCUT2D eigenvalue weighted by molar-refractivity contribution is 5.75. The van der Waals surface area contributed by atoms with Crippen LogP contribution in [-0.2, 0) is 36.3 Å². The average Bonchev–Trinajstić information content (AvgIpc) is 3.02. The third kappa shape index (κ3) is 4.23. The molecule has 11 heteroatoms. The number of nitrogens with zero attached hydrogens (tertiary/aromatic N) is 2. The number of hydrogen-bond acceptors (Lipinski definition) is 2. The van der Waals surface area contributed by atoms with Crippen molar-refractivity contribution in [1.29, 1.82) is 0 Å². The zero-order valence-electron chi connectivity index (χ0n) is 15.1. The topological polar surface area (TPSA) is 46.9 Å². The van der Waals surface area contributed by atoms with Gasteiger partial charge >= 0.3 is 6.18 Å². The Balaban J connectivity index is 1.72. The van der Waals surface area contributed by atoms with E-state index in [-0.39, 0.29) is 18.5 Å². The van der Waals surface area contributed by atoms with Crippen molar-refractivity contribution in [1.82, 2.24) is 15.1 Å². The molecule has 1 aliphatic carbocycles. The number of carbonyl (C=O) groups is 1. The quantitative estimate of drug-likeness (QED) is 0.744. The molecular weight excluding hydrogens is 407 g/mol. The molecule has 1 amide bonds. The van der Waals surface area contributed by atoms with Gasteiger partial charge in [0.2, 0.25) is 5.91 Å². The fourth-order valence-electron chi connectivity index (χ4n) is 3.37. The van der Waals surface area contributed by atoms with Crippen molar-refractivity contribution in [2.75, 3.05) is 6.54 Å². The lowest BCUT2D eigenvalue weighted by Gasteiger charge is -2.18.